The molecule has 0 amide bonds. The maximum absolute atomic E-state index is 10.3. The molecule has 10 heavy (non-hydrogen) atoms. The van der Waals surface area contributed by atoms with Gasteiger partial charge in [-0.05, 0) is 28.7 Å². The molecule has 1 heterocycles. The highest BCUT2D eigenvalue weighted by molar-refractivity contribution is 14.1. The first-order valence-corrected chi connectivity index (χ1v) is 3.96. The van der Waals surface area contributed by atoms with Crippen LogP contribution in [0.3, 0.4) is 0 Å². The minimum Gasteiger partial charge on any atom is -0.298 e. The lowest BCUT2D eigenvalue weighted by atomic mass is 10.3. The molecule has 0 spiro atoms. The van der Waals surface area contributed by atoms with Gasteiger partial charge in [-0.1, -0.05) is 11.6 Å². The van der Waals surface area contributed by atoms with Gasteiger partial charge in [-0.25, -0.2) is 4.98 Å². The van der Waals surface area contributed by atoms with Crippen molar-refractivity contribution < 1.29 is 4.79 Å². The van der Waals surface area contributed by atoms with Gasteiger partial charge in [0.15, 0.2) is 6.29 Å². The number of aromatic nitrogens is 1. The first kappa shape index (κ1) is 7.94. The summed E-state index contributed by atoms with van der Waals surface area (Å²) in [6.45, 7) is 0. The third-order valence-corrected chi connectivity index (χ3v) is 1.88. The van der Waals surface area contributed by atoms with E-state index in [1.165, 1.54) is 6.20 Å². The highest BCUT2D eigenvalue weighted by Crippen LogP contribution is 2.13. The molecule has 2 nitrogen and oxygen atoms in total. The fourth-order valence-corrected chi connectivity index (χ4v) is 1.14. The van der Waals surface area contributed by atoms with Crippen LogP contribution in [0.4, 0.5) is 0 Å². The molecule has 0 aliphatic heterocycles. The monoisotopic (exact) mass is 267 g/mol. The summed E-state index contributed by atoms with van der Waals surface area (Å²) < 4.78 is 0.768. The van der Waals surface area contributed by atoms with Gasteiger partial charge in [-0.2, -0.15) is 0 Å². The largest absolute Gasteiger partial charge is 0.298 e. The zero-order valence-electron chi connectivity index (χ0n) is 4.84. The standard InChI is InChI=1S/C6H3ClINO/c7-5-2-9-6(8)1-4(5)3-10/h1-3H. The van der Waals surface area contributed by atoms with Crippen molar-refractivity contribution in [1.82, 2.24) is 4.98 Å². The lowest BCUT2D eigenvalue weighted by molar-refractivity contribution is 0.112. The second kappa shape index (κ2) is 3.30. The third kappa shape index (κ3) is 1.67. The number of hydrogen-bond donors (Lipinski definition) is 0. The Kier molecular flexibility index (Phi) is 2.62. The molecule has 0 aliphatic carbocycles. The first-order chi connectivity index (χ1) is 4.74. The van der Waals surface area contributed by atoms with Crippen LogP contribution in [0.1, 0.15) is 10.4 Å². The number of carbonyl (C=O) groups is 1. The Morgan fingerprint density at radius 1 is 1.70 bits per heavy atom. The van der Waals surface area contributed by atoms with Crippen LogP contribution in [0.5, 0.6) is 0 Å². The summed E-state index contributed by atoms with van der Waals surface area (Å²) in [5.41, 5.74) is 0.487. The molecule has 0 unspecified atom stereocenters. The predicted molar refractivity (Wildman–Crippen MR) is 47.4 cm³/mol. The SMILES string of the molecule is O=Cc1cc(I)ncc1Cl. The Labute approximate surface area is 76.7 Å². The fraction of sp³-hybridized carbons (Fsp3) is 0. The zero-order chi connectivity index (χ0) is 7.56. The second-order valence-electron chi connectivity index (χ2n) is 1.65. The lowest BCUT2D eigenvalue weighted by Crippen LogP contribution is -1.86. The molecule has 0 saturated carbocycles. The Morgan fingerprint density at radius 2 is 2.40 bits per heavy atom. The third-order valence-electron chi connectivity index (χ3n) is 0.979. The van der Waals surface area contributed by atoms with Crippen LogP contribution in [0.25, 0.3) is 0 Å². The van der Waals surface area contributed by atoms with Crippen molar-refractivity contribution in [3.63, 3.8) is 0 Å². The van der Waals surface area contributed by atoms with Crippen molar-refractivity contribution in [1.29, 1.82) is 0 Å². The summed E-state index contributed by atoms with van der Waals surface area (Å²) in [5.74, 6) is 0. The summed E-state index contributed by atoms with van der Waals surface area (Å²) in [4.78, 5) is 14.1. The van der Waals surface area contributed by atoms with Crippen molar-refractivity contribution in [3.05, 3.63) is 26.5 Å². The van der Waals surface area contributed by atoms with E-state index in [-0.39, 0.29) is 0 Å². The fourth-order valence-electron chi connectivity index (χ4n) is 0.518. The quantitative estimate of drug-likeness (QED) is 0.443. The van der Waals surface area contributed by atoms with Crippen molar-refractivity contribution in [3.8, 4) is 0 Å². The number of pyridine rings is 1. The highest BCUT2D eigenvalue weighted by atomic mass is 127. The molecular weight excluding hydrogens is 264 g/mol. The first-order valence-electron chi connectivity index (χ1n) is 2.50. The van der Waals surface area contributed by atoms with Gasteiger partial charge >= 0.3 is 0 Å². The van der Waals surface area contributed by atoms with Gasteiger partial charge in [0.2, 0.25) is 0 Å². The maximum atomic E-state index is 10.3. The van der Waals surface area contributed by atoms with E-state index < -0.39 is 0 Å². The van der Waals surface area contributed by atoms with Gasteiger partial charge in [0.25, 0.3) is 0 Å². The summed E-state index contributed by atoms with van der Waals surface area (Å²) >= 11 is 7.62. The average Bonchev–Trinajstić information content (AvgIpc) is 1.94. The number of halogens is 2. The molecule has 0 aliphatic rings. The van der Waals surface area contributed by atoms with Crippen LogP contribution < -0.4 is 0 Å². The minimum atomic E-state index is 0.399. The van der Waals surface area contributed by atoms with E-state index in [2.05, 4.69) is 4.98 Å². The molecule has 0 fully saturated rings. The average molecular weight is 267 g/mol. The minimum absolute atomic E-state index is 0.399. The van der Waals surface area contributed by atoms with Gasteiger partial charge in [0.05, 0.1) is 5.02 Å². The van der Waals surface area contributed by atoms with E-state index >= 15 is 0 Å². The Morgan fingerprint density at radius 3 is 2.90 bits per heavy atom. The molecule has 0 saturated heterocycles. The number of hydrogen-bond acceptors (Lipinski definition) is 2. The van der Waals surface area contributed by atoms with Gasteiger partial charge < -0.3 is 0 Å². The van der Waals surface area contributed by atoms with Gasteiger partial charge in [0.1, 0.15) is 3.70 Å². The van der Waals surface area contributed by atoms with E-state index in [0.717, 1.165) is 3.70 Å². The zero-order valence-corrected chi connectivity index (χ0v) is 7.76. The maximum Gasteiger partial charge on any atom is 0.151 e. The molecular formula is C6H3ClINO. The summed E-state index contributed by atoms with van der Waals surface area (Å²) in [6.07, 6.45) is 2.18. The van der Waals surface area contributed by atoms with Crippen LogP contribution >= 0.6 is 34.2 Å². The van der Waals surface area contributed by atoms with E-state index in [9.17, 15) is 4.79 Å². The second-order valence-corrected chi connectivity index (χ2v) is 3.16. The van der Waals surface area contributed by atoms with Crippen LogP contribution in [-0.2, 0) is 0 Å². The van der Waals surface area contributed by atoms with Gasteiger partial charge in [0, 0.05) is 11.8 Å². The molecule has 52 valence electrons. The Bertz CT molecular complexity index is 264. The van der Waals surface area contributed by atoms with Crippen molar-refractivity contribution >= 4 is 40.5 Å². The predicted octanol–water partition coefficient (Wildman–Crippen LogP) is 2.15. The summed E-state index contributed by atoms with van der Waals surface area (Å²) in [5, 5.41) is 0.399. The normalized spacial score (nSPS) is 9.40. The van der Waals surface area contributed by atoms with E-state index in [1.807, 2.05) is 22.6 Å². The van der Waals surface area contributed by atoms with Crippen molar-refractivity contribution in [2.45, 2.75) is 0 Å². The van der Waals surface area contributed by atoms with Gasteiger partial charge in [-0.3, -0.25) is 4.79 Å². The smallest absolute Gasteiger partial charge is 0.151 e. The molecule has 0 atom stereocenters. The number of rotatable bonds is 1. The molecule has 1 rings (SSSR count). The lowest BCUT2D eigenvalue weighted by Gasteiger charge is -1.93. The molecule has 0 radical (unpaired) electrons. The van der Waals surface area contributed by atoms with Crippen LogP contribution in [0, 0.1) is 3.70 Å². The van der Waals surface area contributed by atoms with Crippen molar-refractivity contribution in [2.24, 2.45) is 0 Å². The number of nitrogens with zero attached hydrogens (tertiary/aromatic N) is 1. The molecule has 0 aromatic carbocycles. The number of carbonyl (C=O) groups excluding carboxylic acids is 1. The highest BCUT2D eigenvalue weighted by Gasteiger charge is 1.98. The molecule has 0 N–H and O–H groups in total. The van der Waals surface area contributed by atoms with E-state index in [1.54, 1.807) is 6.07 Å². The van der Waals surface area contributed by atoms with Gasteiger partial charge in [-0.15, -0.1) is 0 Å². The molecule has 4 heteroatoms. The summed E-state index contributed by atoms with van der Waals surface area (Å²) in [7, 11) is 0. The molecule has 0 bridgehead atoms. The summed E-state index contributed by atoms with van der Waals surface area (Å²) in [6, 6.07) is 1.63. The topological polar surface area (TPSA) is 30.0 Å². The van der Waals surface area contributed by atoms with Crippen LogP contribution in [0.15, 0.2) is 12.3 Å². The van der Waals surface area contributed by atoms with E-state index in [4.69, 9.17) is 11.6 Å². The Balaban J connectivity index is 3.21. The van der Waals surface area contributed by atoms with Crippen LogP contribution in [0.2, 0.25) is 5.02 Å². The molecule has 1 aromatic heterocycles. The number of aldehydes is 1. The van der Waals surface area contributed by atoms with Crippen LogP contribution in [-0.4, -0.2) is 11.3 Å². The van der Waals surface area contributed by atoms with E-state index in [0.29, 0.717) is 16.9 Å². The molecule has 1 aromatic rings. The Hall–Kier alpha value is -0.160. The van der Waals surface area contributed by atoms with Crippen molar-refractivity contribution in [2.75, 3.05) is 0 Å².